The Morgan fingerprint density at radius 2 is 1.93 bits per heavy atom. The van der Waals surface area contributed by atoms with E-state index in [1.165, 1.54) is 0 Å². The number of amides is 2. The highest BCUT2D eigenvalue weighted by molar-refractivity contribution is 6.00. The van der Waals surface area contributed by atoms with Gasteiger partial charge in [-0.2, -0.15) is 0 Å². The molecule has 1 fully saturated rings. The van der Waals surface area contributed by atoms with Crippen molar-refractivity contribution < 1.29 is 9.59 Å². The summed E-state index contributed by atoms with van der Waals surface area (Å²) in [4.78, 5) is 34.9. The Labute approximate surface area is 176 Å². The number of aryl methyl sites for hydroxylation is 1. The van der Waals surface area contributed by atoms with Gasteiger partial charge in [0.25, 0.3) is 0 Å². The first-order valence-electron chi connectivity index (χ1n) is 10.4. The van der Waals surface area contributed by atoms with Crippen molar-refractivity contribution in [2.24, 2.45) is 5.92 Å². The van der Waals surface area contributed by atoms with Gasteiger partial charge in [0.15, 0.2) is 0 Å². The van der Waals surface area contributed by atoms with Crippen LogP contribution in [0.1, 0.15) is 37.7 Å². The third-order valence-corrected chi connectivity index (χ3v) is 5.61. The molecule has 1 aliphatic rings. The second-order valence-corrected chi connectivity index (χ2v) is 7.67. The second-order valence-electron chi connectivity index (χ2n) is 7.67. The van der Waals surface area contributed by atoms with Crippen LogP contribution in [0, 0.1) is 5.92 Å². The third kappa shape index (κ3) is 3.99. The van der Waals surface area contributed by atoms with E-state index in [1.807, 2.05) is 61.5 Å². The summed E-state index contributed by atoms with van der Waals surface area (Å²) in [6.07, 6.45) is 2.84. The summed E-state index contributed by atoms with van der Waals surface area (Å²) in [7, 11) is 0. The SMILES string of the molecule is CCc1ccccc1N1CC(C(=O)NC(C)c2ncc(-c3ccccc3)[nH]2)CC1=O. The Morgan fingerprint density at radius 1 is 1.20 bits per heavy atom. The lowest BCUT2D eigenvalue weighted by atomic mass is 10.1. The summed E-state index contributed by atoms with van der Waals surface area (Å²) in [6, 6.07) is 17.5. The number of rotatable bonds is 6. The van der Waals surface area contributed by atoms with E-state index in [-0.39, 0.29) is 30.2 Å². The largest absolute Gasteiger partial charge is 0.346 e. The Morgan fingerprint density at radius 3 is 2.70 bits per heavy atom. The summed E-state index contributed by atoms with van der Waals surface area (Å²) in [6.45, 7) is 4.37. The van der Waals surface area contributed by atoms with Crippen LogP contribution in [0.5, 0.6) is 0 Å². The minimum absolute atomic E-state index is 0.00642. The van der Waals surface area contributed by atoms with Crippen molar-refractivity contribution in [2.45, 2.75) is 32.7 Å². The van der Waals surface area contributed by atoms with Crippen molar-refractivity contribution in [3.63, 3.8) is 0 Å². The predicted octanol–water partition coefficient (Wildman–Crippen LogP) is 3.87. The van der Waals surface area contributed by atoms with E-state index in [0.717, 1.165) is 28.9 Å². The first-order chi connectivity index (χ1) is 14.6. The Bertz CT molecular complexity index is 1040. The molecule has 2 N–H and O–H groups in total. The molecule has 0 aliphatic carbocycles. The highest BCUT2D eigenvalue weighted by Crippen LogP contribution is 2.29. The Kier molecular flexibility index (Phi) is 5.65. The summed E-state index contributed by atoms with van der Waals surface area (Å²) in [5.41, 5.74) is 3.97. The zero-order valence-electron chi connectivity index (χ0n) is 17.3. The maximum Gasteiger partial charge on any atom is 0.227 e. The zero-order valence-corrected chi connectivity index (χ0v) is 17.3. The molecular weight excluding hydrogens is 376 g/mol. The van der Waals surface area contributed by atoms with Gasteiger partial charge in [-0.25, -0.2) is 4.98 Å². The van der Waals surface area contributed by atoms with Crippen molar-refractivity contribution in [2.75, 3.05) is 11.4 Å². The number of aromatic nitrogens is 2. The molecule has 3 aromatic rings. The number of nitrogens with one attached hydrogen (secondary N) is 2. The number of anilines is 1. The third-order valence-electron chi connectivity index (χ3n) is 5.61. The Balaban J connectivity index is 1.42. The molecule has 6 nitrogen and oxygen atoms in total. The lowest BCUT2D eigenvalue weighted by Crippen LogP contribution is -2.35. The fourth-order valence-corrected chi connectivity index (χ4v) is 3.91. The van der Waals surface area contributed by atoms with Gasteiger partial charge in [-0.3, -0.25) is 9.59 Å². The van der Waals surface area contributed by atoms with Crippen LogP contribution in [-0.2, 0) is 16.0 Å². The number of carbonyl (C=O) groups excluding carboxylic acids is 2. The molecule has 0 radical (unpaired) electrons. The number of nitrogens with zero attached hydrogens (tertiary/aromatic N) is 2. The van der Waals surface area contributed by atoms with E-state index in [2.05, 4.69) is 22.2 Å². The molecule has 4 rings (SSSR count). The van der Waals surface area contributed by atoms with Crippen molar-refractivity contribution in [3.8, 4) is 11.3 Å². The fourth-order valence-electron chi connectivity index (χ4n) is 3.91. The number of hydrogen-bond acceptors (Lipinski definition) is 3. The highest BCUT2D eigenvalue weighted by Gasteiger charge is 2.36. The molecule has 2 aromatic carbocycles. The first-order valence-corrected chi connectivity index (χ1v) is 10.4. The summed E-state index contributed by atoms with van der Waals surface area (Å²) < 4.78 is 0. The molecule has 2 unspecified atom stereocenters. The van der Waals surface area contributed by atoms with Gasteiger partial charge in [0.1, 0.15) is 5.82 Å². The Hall–Kier alpha value is -3.41. The van der Waals surface area contributed by atoms with Gasteiger partial charge < -0.3 is 15.2 Å². The molecule has 0 spiro atoms. The normalized spacial score (nSPS) is 17.2. The van der Waals surface area contributed by atoms with Gasteiger partial charge in [-0.1, -0.05) is 55.5 Å². The molecular formula is C24H26N4O2. The van der Waals surface area contributed by atoms with E-state index in [4.69, 9.17) is 0 Å². The van der Waals surface area contributed by atoms with Gasteiger partial charge in [-0.05, 0) is 30.5 Å². The van der Waals surface area contributed by atoms with Crippen LogP contribution < -0.4 is 10.2 Å². The maximum absolute atomic E-state index is 12.9. The van der Waals surface area contributed by atoms with Crippen LogP contribution in [-0.4, -0.2) is 28.3 Å². The molecule has 6 heteroatoms. The van der Waals surface area contributed by atoms with Crippen LogP contribution in [0.2, 0.25) is 0 Å². The van der Waals surface area contributed by atoms with E-state index < -0.39 is 0 Å². The average molecular weight is 402 g/mol. The number of aromatic amines is 1. The predicted molar refractivity (Wildman–Crippen MR) is 117 cm³/mol. The number of imidazole rings is 1. The smallest absolute Gasteiger partial charge is 0.227 e. The van der Waals surface area contributed by atoms with E-state index in [0.29, 0.717) is 12.4 Å². The molecule has 0 bridgehead atoms. The molecule has 0 saturated carbocycles. The average Bonchev–Trinajstić information content (AvgIpc) is 3.41. The van der Waals surface area contributed by atoms with Crippen molar-refractivity contribution in [3.05, 3.63) is 72.2 Å². The van der Waals surface area contributed by atoms with E-state index in [1.54, 1.807) is 11.1 Å². The van der Waals surface area contributed by atoms with Gasteiger partial charge >= 0.3 is 0 Å². The summed E-state index contributed by atoms with van der Waals surface area (Å²) in [5.74, 6) is 0.200. The fraction of sp³-hybridized carbons (Fsp3) is 0.292. The molecule has 2 amide bonds. The van der Waals surface area contributed by atoms with Gasteiger partial charge in [0, 0.05) is 18.7 Å². The topological polar surface area (TPSA) is 78.1 Å². The summed E-state index contributed by atoms with van der Waals surface area (Å²) in [5, 5.41) is 3.01. The number of carbonyl (C=O) groups is 2. The van der Waals surface area contributed by atoms with Gasteiger partial charge in [-0.15, -0.1) is 0 Å². The van der Waals surface area contributed by atoms with Crippen LogP contribution in [0.4, 0.5) is 5.69 Å². The standard InChI is InChI=1S/C24H26N4O2/c1-3-17-9-7-8-12-21(17)28-15-19(13-22(28)29)24(30)26-16(2)23-25-14-20(27-23)18-10-5-4-6-11-18/h4-12,14,16,19H,3,13,15H2,1-2H3,(H,25,27)(H,26,30). The van der Waals surface area contributed by atoms with Crippen molar-refractivity contribution >= 4 is 17.5 Å². The molecule has 154 valence electrons. The lowest BCUT2D eigenvalue weighted by molar-refractivity contribution is -0.126. The van der Waals surface area contributed by atoms with E-state index >= 15 is 0 Å². The van der Waals surface area contributed by atoms with Crippen LogP contribution in [0.3, 0.4) is 0 Å². The second kappa shape index (κ2) is 8.53. The van der Waals surface area contributed by atoms with Crippen molar-refractivity contribution in [1.29, 1.82) is 0 Å². The molecule has 1 aliphatic heterocycles. The van der Waals surface area contributed by atoms with Crippen LogP contribution in [0.15, 0.2) is 60.8 Å². The lowest BCUT2D eigenvalue weighted by Gasteiger charge is -2.20. The monoisotopic (exact) mass is 402 g/mol. The number of H-pyrrole nitrogens is 1. The zero-order chi connectivity index (χ0) is 21.1. The molecule has 30 heavy (non-hydrogen) atoms. The minimum atomic E-state index is -0.367. The summed E-state index contributed by atoms with van der Waals surface area (Å²) >= 11 is 0. The van der Waals surface area contributed by atoms with E-state index in [9.17, 15) is 9.59 Å². The molecule has 2 atom stereocenters. The number of benzene rings is 2. The quantitative estimate of drug-likeness (QED) is 0.657. The molecule has 2 heterocycles. The van der Waals surface area contributed by atoms with Gasteiger partial charge in [0.2, 0.25) is 11.8 Å². The molecule has 1 aromatic heterocycles. The van der Waals surface area contributed by atoms with Crippen LogP contribution in [0.25, 0.3) is 11.3 Å². The highest BCUT2D eigenvalue weighted by atomic mass is 16.2. The van der Waals surface area contributed by atoms with Gasteiger partial charge in [0.05, 0.1) is 23.9 Å². The number of hydrogen-bond donors (Lipinski definition) is 2. The first kappa shape index (κ1) is 19.9. The maximum atomic E-state index is 12.9. The van der Waals surface area contributed by atoms with Crippen LogP contribution >= 0.6 is 0 Å². The molecule has 1 saturated heterocycles. The minimum Gasteiger partial charge on any atom is -0.346 e. The number of para-hydroxylation sites is 1. The van der Waals surface area contributed by atoms with Crippen molar-refractivity contribution in [1.82, 2.24) is 15.3 Å².